The van der Waals surface area contributed by atoms with E-state index in [2.05, 4.69) is 4.98 Å². The third-order valence-electron chi connectivity index (χ3n) is 4.31. The molecule has 0 N–H and O–H groups in total. The first-order valence-corrected chi connectivity index (χ1v) is 9.10. The first-order chi connectivity index (χ1) is 12.4. The topological polar surface area (TPSA) is 71.3 Å². The largest absolute Gasteiger partial charge is 0.485 e. The van der Waals surface area contributed by atoms with Gasteiger partial charge in [0.05, 0.1) is 18.5 Å². The molecule has 0 unspecified atom stereocenters. The maximum Gasteiger partial charge on any atom is 0.183 e. The predicted molar refractivity (Wildman–Crippen MR) is 91.6 cm³/mol. The summed E-state index contributed by atoms with van der Waals surface area (Å²) < 4.78 is 18.9. The van der Waals surface area contributed by atoms with Gasteiger partial charge < -0.3 is 14.2 Å². The van der Waals surface area contributed by atoms with Crippen LogP contribution in [0.25, 0.3) is 16.4 Å². The summed E-state index contributed by atoms with van der Waals surface area (Å²) in [5.74, 6) is 3.31. The van der Waals surface area contributed by atoms with Crippen molar-refractivity contribution in [3.05, 3.63) is 35.7 Å². The maximum atomic E-state index is 5.84. The van der Waals surface area contributed by atoms with E-state index in [4.69, 9.17) is 24.3 Å². The number of pyridine rings is 1. The van der Waals surface area contributed by atoms with Crippen molar-refractivity contribution in [3.63, 3.8) is 0 Å². The number of rotatable bonds is 3. The van der Waals surface area contributed by atoms with E-state index in [9.17, 15) is 0 Å². The molecular formula is C17H16N4O3S. The minimum atomic E-state index is 0.227. The van der Waals surface area contributed by atoms with E-state index in [1.165, 1.54) is 0 Å². The Balaban J connectivity index is 1.65. The van der Waals surface area contributed by atoms with E-state index in [-0.39, 0.29) is 5.92 Å². The van der Waals surface area contributed by atoms with E-state index in [1.807, 2.05) is 22.2 Å². The molecule has 0 aromatic carbocycles. The van der Waals surface area contributed by atoms with Crippen LogP contribution in [0.4, 0.5) is 0 Å². The fraction of sp³-hybridized carbons (Fsp3) is 0.353. The van der Waals surface area contributed by atoms with Gasteiger partial charge >= 0.3 is 0 Å². The average Bonchev–Trinajstić information content (AvgIpc) is 3.40. The zero-order chi connectivity index (χ0) is 16.6. The third-order valence-corrected chi connectivity index (χ3v) is 5.25. The molecule has 0 amide bonds. The first kappa shape index (κ1) is 14.9. The van der Waals surface area contributed by atoms with Crippen LogP contribution in [0.2, 0.25) is 0 Å². The zero-order valence-electron chi connectivity index (χ0n) is 13.4. The van der Waals surface area contributed by atoms with Gasteiger partial charge in [-0.1, -0.05) is 0 Å². The van der Waals surface area contributed by atoms with Crippen LogP contribution in [-0.4, -0.2) is 46.2 Å². The zero-order valence-corrected chi connectivity index (χ0v) is 14.2. The van der Waals surface area contributed by atoms with Crippen molar-refractivity contribution in [1.82, 2.24) is 19.7 Å². The second-order valence-electron chi connectivity index (χ2n) is 5.93. The molecule has 7 nitrogen and oxygen atoms in total. The first-order valence-electron chi connectivity index (χ1n) is 8.23. The van der Waals surface area contributed by atoms with Crippen LogP contribution in [0, 0.1) is 0 Å². The summed E-state index contributed by atoms with van der Waals surface area (Å²) in [4.78, 5) is 9.98. The quantitative estimate of drug-likeness (QED) is 0.718. The van der Waals surface area contributed by atoms with E-state index < -0.39 is 0 Å². The molecule has 2 aliphatic heterocycles. The summed E-state index contributed by atoms with van der Waals surface area (Å²) in [6.45, 7) is 2.54. The normalized spacial score (nSPS) is 19.3. The molecule has 0 saturated carbocycles. The second-order valence-corrected chi connectivity index (χ2v) is 6.81. The number of thiophene rings is 1. The molecule has 0 radical (unpaired) electrons. The van der Waals surface area contributed by atoms with Crippen molar-refractivity contribution in [1.29, 1.82) is 0 Å². The van der Waals surface area contributed by atoms with Gasteiger partial charge in [-0.15, -0.1) is 11.3 Å². The number of hydrogen-bond donors (Lipinski definition) is 0. The van der Waals surface area contributed by atoms with Crippen LogP contribution < -0.4 is 9.47 Å². The summed E-state index contributed by atoms with van der Waals surface area (Å²) in [5, 5.41) is 6.73. The van der Waals surface area contributed by atoms with Crippen molar-refractivity contribution in [3.8, 4) is 27.9 Å². The van der Waals surface area contributed by atoms with Crippen LogP contribution in [0.3, 0.4) is 0 Å². The molecule has 8 heteroatoms. The molecule has 0 spiro atoms. The number of ether oxygens (including phenoxy) is 3. The van der Waals surface area contributed by atoms with Gasteiger partial charge in [-0.2, -0.15) is 5.10 Å². The maximum absolute atomic E-state index is 5.84. The summed E-state index contributed by atoms with van der Waals surface area (Å²) >= 11 is 1.56. The Morgan fingerprint density at radius 2 is 2.16 bits per heavy atom. The lowest BCUT2D eigenvalue weighted by Gasteiger charge is -2.15. The summed E-state index contributed by atoms with van der Waals surface area (Å²) in [5.41, 5.74) is 0.869. The molecule has 0 aliphatic carbocycles. The Bertz CT molecular complexity index is 887. The van der Waals surface area contributed by atoms with E-state index in [0.717, 1.165) is 46.7 Å². The highest BCUT2D eigenvalue weighted by Crippen LogP contribution is 2.45. The fourth-order valence-corrected chi connectivity index (χ4v) is 3.97. The van der Waals surface area contributed by atoms with Gasteiger partial charge in [-0.3, -0.25) is 4.98 Å². The molecule has 3 aromatic rings. The molecule has 1 fully saturated rings. The molecule has 2 aliphatic rings. The Morgan fingerprint density at radius 3 is 3.00 bits per heavy atom. The third kappa shape index (κ3) is 2.58. The summed E-state index contributed by atoms with van der Waals surface area (Å²) in [6, 6.07) is 3.86. The lowest BCUT2D eigenvalue weighted by Crippen LogP contribution is -2.14. The number of fused-ring (bicyclic) bond motifs is 1. The van der Waals surface area contributed by atoms with E-state index >= 15 is 0 Å². The predicted octanol–water partition coefficient (Wildman–Crippen LogP) is 2.67. The van der Waals surface area contributed by atoms with Gasteiger partial charge in [-0.05, 0) is 18.6 Å². The highest BCUT2D eigenvalue weighted by molar-refractivity contribution is 7.14. The average molecular weight is 356 g/mol. The van der Waals surface area contributed by atoms with E-state index in [1.54, 1.807) is 23.7 Å². The summed E-state index contributed by atoms with van der Waals surface area (Å²) in [6.07, 6.45) is 4.47. The van der Waals surface area contributed by atoms with Crippen molar-refractivity contribution in [2.45, 2.75) is 12.3 Å². The lowest BCUT2D eigenvalue weighted by molar-refractivity contribution is 0.174. The monoisotopic (exact) mass is 356 g/mol. The molecule has 25 heavy (non-hydrogen) atoms. The SMILES string of the molecule is c1cncc(-n2nc([C@@H]3CCOC3)nc2-c2scc3c2OCCO3)c1. The molecule has 1 atom stereocenters. The van der Waals surface area contributed by atoms with Crippen LogP contribution in [-0.2, 0) is 4.74 Å². The van der Waals surface area contributed by atoms with Crippen molar-refractivity contribution < 1.29 is 14.2 Å². The Hall–Kier alpha value is -2.45. The van der Waals surface area contributed by atoms with Crippen molar-refractivity contribution in [2.75, 3.05) is 26.4 Å². The van der Waals surface area contributed by atoms with Crippen LogP contribution in [0.15, 0.2) is 29.9 Å². The minimum Gasteiger partial charge on any atom is -0.485 e. The van der Waals surface area contributed by atoms with E-state index in [0.29, 0.717) is 19.8 Å². The van der Waals surface area contributed by atoms with Crippen molar-refractivity contribution in [2.24, 2.45) is 0 Å². The Kier molecular flexibility index (Phi) is 3.64. The van der Waals surface area contributed by atoms with Gasteiger partial charge in [0.2, 0.25) is 0 Å². The number of nitrogens with zero attached hydrogens (tertiary/aromatic N) is 4. The molecule has 5 rings (SSSR count). The molecule has 0 bridgehead atoms. The van der Waals surface area contributed by atoms with Crippen LogP contribution in [0.1, 0.15) is 18.2 Å². The minimum absolute atomic E-state index is 0.227. The molecule has 1 saturated heterocycles. The fourth-order valence-electron chi connectivity index (χ4n) is 3.06. The van der Waals surface area contributed by atoms with Gasteiger partial charge in [0.25, 0.3) is 0 Å². The standard InChI is InChI=1S/C17H16N4O3S/c1-2-12(8-18-4-1)21-17(19-16(20-21)11-3-5-22-9-11)15-14-13(10-25-15)23-6-7-24-14/h1-2,4,8,10-11H,3,5-7,9H2/t11-/m1/s1. The highest BCUT2D eigenvalue weighted by Gasteiger charge is 2.28. The second kappa shape index (κ2) is 6.12. The molecular weight excluding hydrogens is 340 g/mol. The Labute approximate surface area is 148 Å². The van der Waals surface area contributed by atoms with Gasteiger partial charge in [0.1, 0.15) is 18.1 Å². The highest BCUT2D eigenvalue weighted by atomic mass is 32.1. The number of hydrogen-bond acceptors (Lipinski definition) is 7. The van der Waals surface area contributed by atoms with Crippen LogP contribution >= 0.6 is 11.3 Å². The van der Waals surface area contributed by atoms with Gasteiger partial charge in [-0.25, -0.2) is 9.67 Å². The molecule has 5 heterocycles. The van der Waals surface area contributed by atoms with Gasteiger partial charge in [0, 0.05) is 24.1 Å². The van der Waals surface area contributed by atoms with Crippen molar-refractivity contribution >= 4 is 11.3 Å². The Morgan fingerprint density at radius 1 is 1.20 bits per heavy atom. The molecule has 3 aromatic heterocycles. The van der Waals surface area contributed by atoms with Gasteiger partial charge in [0.15, 0.2) is 23.1 Å². The summed E-state index contributed by atoms with van der Waals surface area (Å²) in [7, 11) is 0. The van der Waals surface area contributed by atoms with Crippen LogP contribution in [0.5, 0.6) is 11.5 Å². The molecule has 128 valence electrons. The smallest absolute Gasteiger partial charge is 0.183 e. The number of aromatic nitrogens is 4. The lowest BCUT2D eigenvalue weighted by atomic mass is 10.1.